The van der Waals surface area contributed by atoms with Gasteiger partial charge in [0.1, 0.15) is 0 Å². The number of nitrogens with zero attached hydrogens (tertiary/aromatic N) is 1. The molecule has 0 aliphatic carbocycles. The molecule has 1 saturated heterocycles. The third-order valence-corrected chi connectivity index (χ3v) is 2.71. The van der Waals surface area contributed by atoms with Gasteiger partial charge in [0.25, 0.3) is 0 Å². The zero-order valence-corrected chi connectivity index (χ0v) is 8.98. The fourth-order valence-electron chi connectivity index (χ4n) is 1.76. The third kappa shape index (κ3) is 2.27. The van der Waals surface area contributed by atoms with Crippen LogP contribution >= 0.6 is 0 Å². The fourth-order valence-corrected chi connectivity index (χ4v) is 1.76. The Labute approximate surface area is 91.3 Å². The van der Waals surface area contributed by atoms with Crippen molar-refractivity contribution in [1.29, 1.82) is 0 Å². The highest BCUT2D eigenvalue weighted by atomic mass is 16.2. The van der Waals surface area contributed by atoms with E-state index < -0.39 is 0 Å². The van der Waals surface area contributed by atoms with Crippen LogP contribution in [-0.4, -0.2) is 23.4 Å². The van der Waals surface area contributed by atoms with Gasteiger partial charge in [-0.15, -0.1) is 13.2 Å². The van der Waals surface area contributed by atoms with Crippen LogP contribution < -0.4 is 0 Å². The summed E-state index contributed by atoms with van der Waals surface area (Å²) in [6.07, 6.45) is 5.96. The van der Waals surface area contributed by atoms with E-state index in [1.54, 1.807) is 23.1 Å². The van der Waals surface area contributed by atoms with E-state index >= 15 is 0 Å². The fraction of sp³-hybridized carbons (Fsp3) is 0.308. The minimum Gasteiger partial charge on any atom is -0.331 e. The summed E-state index contributed by atoms with van der Waals surface area (Å²) < 4.78 is 0. The van der Waals surface area contributed by atoms with E-state index in [4.69, 9.17) is 0 Å². The molecule has 0 aromatic rings. The molecule has 0 aromatic carbocycles. The SMILES string of the molecule is C=CC(=C)CN1C(=O)C(C=C)CC1C=C. The Kier molecular flexibility index (Phi) is 3.67. The molecule has 1 fully saturated rings. The van der Waals surface area contributed by atoms with Crippen molar-refractivity contribution >= 4 is 5.91 Å². The van der Waals surface area contributed by atoms with Crippen molar-refractivity contribution < 1.29 is 4.79 Å². The number of rotatable bonds is 5. The predicted molar refractivity (Wildman–Crippen MR) is 63.3 cm³/mol. The summed E-state index contributed by atoms with van der Waals surface area (Å²) >= 11 is 0. The van der Waals surface area contributed by atoms with E-state index in [0.717, 1.165) is 12.0 Å². The van der Waals surface area contributed by atoms with Crippen LogP contribution in [-0.2, 0) is 4.79 Å². The predicted octanol–water partition coefficient (Wildman–Crippen LogP) is 2.32. The van der Waals surface area contributed by atoms with Gasteiger partial charge in [-0.25, -0.2) is 0 Å². The highest BCUT2D eigenvalue weighted by Crippen LogP contribution is 2.26. The van der Waals surface area contributed by atoms with E-state index in [9.17, 15) is 4.79 Å². The second-order valence-corrected chi connectivity index (χ2v) is 3.71. The van der Waals surface area contributed by atoms with Crippen LogP contribution in [0.25, 0.3) is 0 Å². The summed E-state index contributed by atoms with van der Waals surface area (Å²) in [4.78, 5) is 13.7. The molecule has 1 aliphatic rings. The number of hydrogen-bond donors (Lipinski definition) is 0. The lowest BCUT2D eigenvalue weighted by Gasteiger charge is -2.22. The normalized spacial score (nSPS) is 25.1. The van der Waals surface area contributed by atoms with E-state index in [1.807, 2.05) is 0 Å². The lowest BCUT2D eigenvalue weighted by Crippen LogP contribution is -2.33. The molecule has 0 aromatic heterocycles. The molecular formula is C13H17NO. The summed E-state index contributed by atoms with van der Waals surface area (Å²) in [6, 6.07) is 0.0946. The van der Waals surface area contributed by atoms with Crippen LogP contribution in [0, 0.1) is 5.92 Å². The van der Waals surface area contributed by atoms with Crippen molar-refractivity contribution in [3.63, 3.8) is 0 Å². The molecular weight excluding hydrogens is 186 g/mol. The van der Waals surface area contributed by atoms with Gasteiger partial charge in [-0.05, 0) is 12.0 Å². The molecule has 0 radical (unpaired) electrons. The van der Waals surface area contributed by atoms with Crippen LogP contribution in [0.1, 0.15) is 6.42 Å². The summed E-state index contributed by atoms with van der Waals surface area (Å²) in [6.45, 7) is 15.4. The van der Waals surface area contributed by atoms with Crippen molar-refractivity contribution in [3.05, 3.63) is 50.1 Å². The molecule has 1 heterocycles. The molecule has 1 aliphatic heterocycles. The standard InChI is InChI=1S/C13H17NO/c1-5-10(4)9-14-12(7-3)8-11(6-2)13(14)15/h5-7,11-12H,1-4,8-9H2. The van der Waals surface area contributed by atoms with Crippen molar-refractivity contribution in [2.24, 2.45) is 5.92 Å². The average Bonchev–Trinajstić information content (AvgIpc) is 2.55. The molecule has 0 bridgehead atoms. The van der Waals surface area contributed by atoms with Gasteiger partial charge in [-0.1, -0.05) is 31.4 Å². The van der Waals surface area contributed by atoms with Crippen LogP contribution in [0.4, 0.5) is 0 Å². The zero-order chi connectivity index (χ0) is 11.4. The molecule has 2 nitrogen and oxygen atoms in total. The zero-order valence-electron chi connectivity index (χ0n) is 8.98. The average molecular weight is 203 g/mol. The highest BCUT2D eigenvalue weighted by molar-refractivity contribution is 5.83. The van der Waals surface area contributed by atoms with Crippen LogP contribution in [0.2, 0.25) is 0 Å². The number of carbonyl (C=O) groups is 1. The molecule has 15 heavy (non-hydrogen) atoms. The first-order valence-corrected chi connectivity index (χ1v) is 4.99. The van der Waals surface area contributed by atoms with E-state index in [-0.39, 0.29) is 17.9 Å². The summed E-state index contributed by atoms with van der Waals surface area (Å²) in [5.74, 6) is 0.0310. The molecule has 0 N–H and O–H groups in total. The third-order valence-electron chi connectivity index (χ3n) is 2.71. The van der Waals surface area contributed by atoms with Gasteiger partial charge in [0.15, 0.2) is 0 Å². The van der Waals surface area contributed by atoms with Gasteiger partial charge < -0.3 is 4.90 Å². The minimum absolute atomic E-state index is 0.0781. The maximum Gasteiger partial charge on any atom is 0.230 e. The van der Waals surface area contributed by atoms with Gasteiger partial charge in [0.2, 0.25) is 5.91 Å². The monoisotopic (exact) mass is 203 g/mol. The van der Waals surface area contributed by atoms with Gasteiger partial charge >= 0.3 is 0 Å². The van der Waals surface area contributed by atoms with Crippen LogP contribution in [0.3, 0.4) is 0 Å². The van der Waals surface area contributed by atoms with Gasteiger partial charge in [0, 0.05) is 6.54 Å². The van der Waals surface area contributed by atoms with E-state index in [0.29, 0.717) is 6.54 Å². The first-order valence-electron chi connectivity index (χ1n) is 4.99. The second-order valence-electron chi connectivity index (χ2n) is 3.71. The van der Waals surface area contributed by atoms with Crippen LogP contribution in [0.15, 0.2) is 50.1 Å². The molecule has 80 valence electrons. The van der Waals surface area contributed by atoms with Crippen molar-refractivity contribution in [2.45, 2.75) is 12.5 Å². The molecule has 0 spiro atoms. The first-order chi connectivity index (χ1) is 7.13. The van der Waals surface area contributed by atoms with Crippen molar-refractivity contribution in [3.8, 4) is 0 Å². The lowest BCUT2D eigenvalue weighted by atomic mass is 10.1. The molecule has 2 unspecified atom stereocenters. The summed E-state index contributed by atoms with van der Waals surface area (Å²) in [5, 5.41) is 0. The van der Waals surface area contributed by atoms with Crippen molar-refractivity contribution in [2.75, 3.05) is 6.54 Å². The van der Waals surface area contributed by atoms with E-state index in [2.05, 4.69) is 26.3 Å². The Bertz CT molecular complexity index is 316. The first kappa shape index (κ1) is 11.5. The molecule has 1 amide bonds. The molecule has 1 rings (SSSR count). The van der Waals surface area contributed by atoms with Gasteiger partial charge in [-0.3, -0.25) is 4.79 Å². The molecule has 2 heteroatoms. The maximum absolute atomic E-state index is 11.9. The topological polar surface area (TPSA) is 20.3 Å². The van der Waals surface area contributed by atoms with Crippen LogP contribution in [0.5, 0.6) is 0 Å². The lowest BCUT2D eigenvalue weighted by molar-refractivity contribution is -0.130. The quantitative estimate of drug-likeness (QED) is 0.496. The van der Waals surface area contributed by atoms with E-state index in [1.165, 1.54) is 0 Å². The largest absolute Gasteiger partial charge is 0.331 e. The Hall–Kier alpha value is -1.57. The Morgan fingerprint density at radius 1 is 1.40 bits per heavy atom. The Morgan fingerprint density at radius 3 is 2.53 bits per heavy atom. The molecule has 0 saturated carbocycles. The number of amides is 1. The van der Waals surface area contributed by atoms with Crippen molar-refractivity contribution in [1.82, 2.24) is 4.90 Å². The number of hydrogen-bond acceptors (Lipinski definition) is 1. The van der Waals surface area contributed by atoms with Gasteiger partial charge in [-0.2, -0.15) is 0 Å². The Balaban J connectivity index is 2.80. The number of likely N-dealkylation sites (tertiary alicyclic amines) is 1. The maximum atomic E-state index is 11.9. The smallest absolute Gasteiger partial charge is 0.230 e. The summed E-state index contributed by atoms with van der Waals surface area (Å²) in [5.41, 5.74) is 0.847. The number of carbonyl (C=O) groups excluding carboxylic acids is 1. The summed E-state index contributed by atoms with van der Waals surface area (Å²) in [7, 11) is 0. The Morgan fingerprint density at radius 2 is 2.07 bits per heavy atom. The van der Waals surface area contributed by atoms with Gasteiger partial charge in [0.05, 0.1) is 12.0 Å². The highest BCUT2D eigenvalue weighted by Gasteiger charge is 2.35. The molecule has 2 atom stereocenters. The second kappa shape index (κ2) is 4.78. The minimum atomic E-state index is -0.0781.